The molecule has 0 aliphatic heterocycles. The molecule has 0 saturated heterocycles. The van der Waals surface area contributed by atoms with Gasteiger partial charge in [-0.05, 0) is 18.6 Å². The van der Waals surface area contributed by atoms with Gasteiger partial charge in [-0.1, -0.05) is 0 Å². The quantitative estimate of drug-likeness (QED) is 0.468. The van der Waals surface area contributed by atoms with E-state index in [9.17, 15) is 0 Å². The molecule has 1 aromatic rings. The second-order valence-electron chi connectivity index (χ2n) is 3.57. The molecule has 5 heteroatoms. The van der Waals surface area contributed by atoms with Gasteiger partial charge in [-0.3, -0.25) is 0 Å². The van der Waals surface area contributed by atoms with Crippen molar-refractivity contribution in [2.45, 2.75) is 6.42 Å². The first-order valence-corrected chi connectivity index (χ1v) is 5.64. The third kappa shape index (κ3) is 4.93. The van der Waals surface area contributed by atoms with Gasteiger partial charge >= 0.3 is 0 Å². The second kappa shape index (κ2) is 7.76. The van der Waals surface area contributed by atoms with Crippen LogP contribution in [0, 0.1) is 0 Å². The standard InChI is InChI=1S/C12H20N2O3/c1-16-10-3-4-12(11(13)9-10)14-5-2-7-17-8-6-15/h3-4,9,14-15H,2,5-8,13H2,1H3. The molecule has 17 heavy (non-hydrogen) atoms. The molecule has 0 saturated carbocycles. The van der Waals surface area contributed by atoms with Crippen molar-refractivity contribution in [3.05, 3.63) is 18.2 Å². The van der Waals surface area contributed by atoms with Crippen LogP contribution in [0.2, 0.25) is 0 Å². The molecule has 0 spiro atoms. The summed E-state index contributed by atoms with van der Waals surface area (Å²) < 4.78 is 10.2. The molecule has 5 nitrogen and oxygen atoms in total. The van der Waals surface area contributed by atoms with Crippen molar-refractivity contribution >= 4 is 11.4 Å². The fraction of sp³-hybridized carbons (Fsp3) is 0.500. The number of benzene rings is 1. The Labute approximate surface area is 102 Å². The minimum atomic E-state index is 0.0683. The van der Waals surface area contributed by atoms with Crippen molar-refractivity contribution in [2.75, 3.05) is 44.5 Å². The lowest BCUT2D eigenvalue weighted by Gasteiger charge is -2.10. The Morgan fingerprint density at radius 2 is 2.18 bits per heavy atom. The first kappa shape index (κ1) is 13.6. The summed E-state index contributed by atoms with van der Waals surface area (Å²) in [4.78, 5) is 0. The number of nitrogens with one attached hydrogen (secondary N) is 1. The van der Waals surface area contributed by atoms with E-state index in [-0.39, 0.29) is 6.61 Å². The van der Waals surface area contributed by atoms with E-state index in [1.54, 1.807) is 13.2 Å². The van der Waals surface area contributed by atoms with Crippen LogP contribution >= 0.6 is 0 Å². The zero-order valence-electron chi connectivity index (χ0n) is 10.1. The summed E-state index contributed by atoms with van der Waals surface area (Å²) in [6.45, 7) is 1.87. The summed E-state index contributed by atoms with van der Waals surface area (Å²) in [7, 11) is 1.61. The Morgan fingerprint density at radius 3 is 2.82 bits per heavy atom. The summed E-state index contributed by atoms with van der Waals surface area (Å²) in [5.41, 5.74) is 7.42. The Bertz CT molecular complexity index is 332. The van der Waals surface area contributed by atoms with Gasteiger partial charge < -0.3 is 25.6 Å². The van der Waals surface area contributed by atoms with Crippen molar-refractivity contribution in [2.24, 2.45) is 0 Å². The Kier molecular flexibility index (Phi) is 6.21. The summed E-state index contributed by atoms with van der Waals surface area (Å²) in [5, 5.41) is 11.7. The number of anilines is 2. The SMILES string of the molecule is COc1ccc(NCCCOCCO)c(N)c1. The van der Waals surface area contributed by atoms with Gasteiger partial charge in [0.15, 0.2) is 0 Å². The van der Waals surface area contributed by atoms with E-state index in [0.29, 0.717) is 18.9 Å². The molecule has 0 amide bonds. The topological polar surface area (TPSA) is 76.7 Å². The van der Waals surface area contributed by atoms with E-state index >= 15 is 0 Å². The average Bonchev–Trinajstić information content (AvgIpc) is 2.35. The lowest BCUT2D eigenvalue weighted by Crippen LogP contribution is -2.08. The molecular formula is C12H20N2O3. The van der Waals surface area contributed by atoms with Gasteiger partial charge in [0.2, 0.25) is 0 Å². The van der Waals surface area contributed by atoms with Crippen molar-refractivity contribution < 1.29 is 14.6 Å². The highest BCUT2D eigenvalue weighted by molar-refractivity contribution is 5.68. The van der Waals surface area contributed by atoms with E-state index < -0.39 is 0 Å². The molecule has 0 fully saturated rings. The maximum absolute atomic E-state index is 8.52. The normalized spacial score (nSPS) is 10.2. The number of rotatable bonds is 8. The molecular weight excluding hydrogens is 220 g/mol. The predicted octanol–water partition coefficient (Wildman–Crippen LogP) is 1.09. The minimum absolute atomic E-state index is 0.0683. The van der Waals surface area contributed by atoms with Crippen LogP contribution in [0.15, 0.2) is 18.2 Å². The van der Waals surface area contributed by atoms with Crippen LogP contribution in [0.25, 0.3) is 0 Å². The van der Waals surface area contributed by atoms with Crippen molar-refractivity contribution in [3.8, 4) is 5.75 Å². The lowest BCUT2D eigenvalue weighted by atomic mass is 10.2. The zero-order valence-corrected chi connectivity index (χ0v) is 10.1. The van der Waals surface area contributed by atoms with Crippen LogP contribution in [-0.2, 0) is 4.74 Å². The number of aliphatic hydroxyl groups excluding tert-OH is 1. The second-order valence-corrected chi connectivity index (χ2v) is 3.57. The lowest BCUT2D eigenvalue weighted by molar-refractivity contribution is 0.0922. The molecule has 0 heterocycles. The molecule has 1 aromatic carbocycles. The molecule has 0 aromatic heterocycles. The highest BCUT2D eigenvalue weighted by atomic mass is 16.5. The largest absolute Gasteiger partial charge is 0.497 e. The molecule has 0 radical (unpaired) electrons. The first-order valence-electron chi connectivity index (χ1n) is 5.64. The average molecular weight is 240 g/mol. The fourth-order valence-corrected chi connectivity index (χ4v) is 1.39. The molecule has 4 N–H and O–H groups in total. The van der Waals surface area contributed by atoms with Gasteiger partial charge in [-0.2, -0.15) is 0 Å². The maximum Gasteiger partial charge on any atom is 0.121 e. The van der Waals surface area contributed by atoms with Crippen LogP contribution in [0.4, 0.5) is 11.4 Å². The number of hydrogen-bond acceptors (Lipinski definition) is 5. The van der Waals surface area contributed by atoms with Crippen LogP contribution < -0.4 is 15.8 Å². The van der Waals surface area contributed by atoms with E-state index in [1.165, 1.54) is 0 Å². The Balaban J connectivity index is 2.27. The first-order chi connectivity index (χ1) is 8.27. The van der Waals surface area contributed by atoms with Gasteiger partial charge in [0.1, 0.15) is 5.75 Å². The number of methoxy groups -OCH3 is 1. The summed E-state index contributed by atoms with van der Waals surface area (Å²) in [5.74, 6) is 0.749. The molecule has 0 aliphatic carbocycles. The van der Waals surface area contributed by atoms with E-state index in [2.05, 4.69) is 5.32 Å². The maximum atomic E-state index is 8.52. The number of aliphatic hydroxyl groups is 1. The smallest absolute Gasteiger partial charge is 0.121 e. The minimum Gasteiger partial charge on any atom is -0.497 e. The van der Waals surface area contributed by atoms with Crippen LogP contribution in [-0.4, -0.2) is 38.6 Å². The van der Waals surface area contributed by atoms with Gasteiger partial charge in [0, 0.05) is 19.2 Å². The van der Waals surface area contributed by atoms with Crippen LogP contribution in [0.1, 0.15) is 6.42 Å². The van der Waals surface area contributed by atoms with Crippen LogP contribution in [0.3, 0.4) is 0 Å². The highest BCUT2D eigenvalue weighted by Gasteiger charge is 2.00. The summed E-state index contributed by atoms with van der Waals surface area (Å²) in [6, 6.07) is 5.54. The van der Waals surface area contributed by atoms with Crippen molar-refractivity contribution in [1.29, 1.82) is 0 Å². The highest BCUT2D eigenvalue weighted by Crippen LogP contribution is 2.23. The molecule has 0 aliphatic rings. The van der Waals surface area contributed by atoms with E-state index in [4.69, 9.17) is 20.3 Å². The number of nitrogen functional groups attached to an aromatic ring is 1. The van der Waals surface area contributed by atoms with Gasteiger partial charge in [-0.15, -0.1) is 0 Å². The summed E-state index contributed by atoms with van der Waals surface area (Å²) >= 11 is 0. The summed E-state index contributed by atoms with van der Waals surface area (Å²) in [6.07, 6.45) is 0.867. The third-order valence-electron chi connectivity index (χ3n) is 2.28. The van der Waals surface area contributed by atoms with Crippen molar-refractivity contribution in [1.82, 2.24) is 0 Å². The molecule has 96 valence electrons. The molecule has 0 bridgehead atoms. The Morgan fingerprint density at radius 1 is 1.35 bits per heavy atom. The van der Waals surface area contributed by atoms with E-state index in [1.807, 2.05) is 12.1 Å². The predicted molar refractivity (Wildman–Crippen MR) is 68.4 cm³/mol. The molecule has 0 unspecified atom stereocenters. The number of ether oxygens (including phenoxy) is 2. The number of hydrogen-bond donors (Lipinski definition) is 3. The van der Waals surface area contributed by atoms with Gasteiger partial charge in [0.25, 0.3) is 0 Å². The van der Waals surface area contributed by atoms with Crippen molar-refractivity contribution in [3.63, 3.8) is 0 Å². The monoisotopic (exact) mass is 240 g/mol. The third-order valence-corrected chi connectivity index (χ3v) is 2.28. The zero-order chi connectivity index (χ0) is 12.5. The van der Waals surface area contributed by atoms with Gasteiger partial charge in [-0.25, -0.2) is 0 Å². The van der Waals surface area contributed by atoms with Gasteiger partial charge in [0.05, 0.1) is 31.7 Å². The Hall–Kier alpha value is -1.46. The number of nitrogens with two attached hydrogens (primary N) is 1. The van der Waals surface area contributed by atoms with E-state index in [0.717, 1.165) is 24.4 Å². The molecule has 0 atom stereocenters. The fourth-order valence-electron chi connectivity index (χ4n) is 1.39. The van der Waals surface area contributed by atoms with Crippen LogP contribution in [0.5, 0.6) is 5.75 Å². The molecule has 1 rings (SSSR count).